The Labute approximate surface area is 104 Å². The molecule has 1 heterocycles. The first-order valence-electron chi connectivity index (χ1n) is 5.48. The number of hydrogen-bond donors (Lipinski definition) is 1. The van der Waals surface area contributed by atoms with Crippen molar-refractivity contribution in [1.29, 1.82) is 0 Å². The fourth-order valence-corrected chi connectivity index (χ4v) is 2.76. The lowest BCUT2D eigenvalue weighted by molar-refractivity contribution is 0.170. The van der Waals surface area contributed by atoms with Crippen molar-refractivity contribution in [2.45, 2.75) is 24.9 Å². The van der Waals surface area contributed by atoms with Crippen molar-refractivity contribution < 1.29 is 4.39 Å². The fraction of sp³-hybridized carbons (Fsp3) is 0.500. The Bertz CT molecular complexity index is 383. The van der Waals surface area contributed by atoms with E-state index in [1.54, 1.807) is 12.1 Å². The quantitative estimate of drug-likeness (QED) is 0.860. The number of benzene rings is 1. The second-order valence-electron chi connectivity index (χ2n) is 4.45. The second kappa shape index (κ2) is 4.82. The Kier molecular flexibility index (Phi) is 3.62. The van der Waals surface area contributed by atoms with E-state index in [2.05, 4.69) is 27.9 Å². The standard InChI is InChI=1S/C12H16BrFN2/c1-16-5-4-9(15)7-12(16)10-6-8(14)2-3-11(10)13/h2-3,6,9,12H,4-5,7,15H2,1H3. The molecule has 2 atom stereocenters. The SMILES string of the molecule is CN1CCC(N)CC1c1cc(F)ccc1Br. The Hall–Kier alpha value is -0.450. The maximum absolute atomic E-state index is 13.3. The van der Waals surface area contributed by atoms with Crippen LogP contribution >= 0.6 is 15.9 Å². The Morgan fingerprint density at radius 1 is 1.50 bits per heavy atom. The third-order valence-corrected chi connectivity index (χ3v) is 3.95. The van der Waals surface area contributed by atoms with Gasteiger partial charge in [0.25, 0.3) is 0 Å². The van der Waals surface area contributed by atoms with Crippen LogP contribution < -0.4 is 5.73 Å². The van der Waals surface area contributed by atoms with Crippen molar-refractivity contribution in [3.63, 3.8) is 0 Å². The van der Waals surface area contributed by atoms with Crippen molar-refractivity contribution in [3.8, 4) is 0 Å². The number of piperidine rings is 1. The van der Waals surface area contributed by atoms with E-state index in [4.69, 9.17) is 5.73 Å². The molecule has 1 aromatic rings. The van der Waals surface area contributed by atoms with E-state index in [9.17, 15) is 4.39 Å². The van der Waals surface area contributed by atoms with E-state index in [-0.39, 0.29) is 17.9 Å². The molecule has 2 unspecified atom stereocenters. The van der Waals surface area contributed by atoms with Gasteiger partial charge in [-0.2, -0.15) is 0 Å². The summed E-state index contributed by atoms with van der Waals surface area (Å²) in [5.74, 6) is -0.189. The lowest BCUT2D eigenvalue weighted by atomic mass is 9.93. The van der Waals surface area contributed by atoms with E-state index in [0.29, 0.717) is 0 Å². The number of likely N-dealkylation sites (tertiary alicyclic amines) is 1. The summed E-state index contributed by atoms with van der Waals surface area (Å²) in [6.45, 7) is 0.967. The maximum Gasteiger partial charge on any atom is 0.123 e. The minimum Gasteiger partial charge on any atom is -0.328 e. The van der Waals surface area contributed by atoms with Crippen molar-refractivity contribution in [3.05, 3.63) is 34.1 Å². The molecule has 0 amide bonds. The predicted molar refractivity (Wildman–Crippen MR) is 66.7 cm³/mol. The normalized spacial score (nSPS) is 27.0. The zero-order chi connectivity index (χ0) is 11.7. The highest BCUT2D eigenvalue weighted by Crippen LogP contribution is 2.33. The lowest BCUT2D eigenvalue weighted by Crippen LogP contribution is -2.40. The summed E-state index contributed by atoms with van der Waals surface area (Å²) in [6, 6.07) is 5.27. The second-order valence-corrected chi connectivity index (χ2v) is 5.30. The van der Waals surface area contributed by atoms with Gasteiger partial charge in [-0.1, -0.05) is 15.9 Å². The summed E-state index contributed by atoms with van der Waals surface area (Å²) in [4.78, 5) is 2.24. The Balaban J connectivity index is 2.30. The number of rotatable bonds is 1. The van der Waals surface area contributed by atoms with Crippen LogP contribution in [-0.4, -0.2) is 24.5 Å². The predicted octanol–water partition coefficient (Wildman–Crippen LogP) is 2.68. The third kappa shape index (κ3) is 2.44. The van der Waals surface area contributed by atoms with Gasteiger partial charge in [-0.15, -0.1) is 0 Å². The van der Waals surface area contributed by atoms with Crippen LogP contribution in [0.4, 0.5) is 4.39 Å². The molecule has 0 aliphatic carbocycles. The molecule has 4 heteroatoms. The molecule has 2 nitrogen and oxygen atoms in total. The summed E-state index contributed by atoms with van der Waals surface area (Å²) in [7, 11) is 2.06. The highest BCUT2D eigenvalue weighted by molar-refractivity contribution is 9.10. The molecule has 0 saturated carbocycles. The van der Waals surface area contributed by atoms with Crippen molar-refractivity contribution >= 4 is 15.9 Å². The van der Waals surface area contributed by atoms with Gasteiger partial charge in [0.15, 0.2) is 0 Å². The van der Waals surface area contributed by atoms with Crippen molar-refractivity contribution in [2.24, 2.45) is 5.73 Å². The van der Waals surface area contributed by atoms with Gasteiger partial charge >= 0.3 is 0 Å². The molecular weight excluding hydrogens is 271 g/mol. The number of hydrogen-bond acceptors (Lipinski definition) is 2. The molecule has 0 spiro atoms. The zero-order valence-electron chi connectivity index (χ0n) is 9.29. The average Bonchev–Trinajstić information content (AvgIpc) is 2.25. The Morgan fingerprint density at radius 3 is 3.00 bits per heavy atom. The molecule has 88 valence electrons. The van der Waals surface area contributed by atoms with Crippen LogP contribution in [-0.2, 0) is 0 Å². The van der Waals surface area contributed by atoms with Crippen molar-refractivity contribution in [1.82, 2.24) is 4.90 Å². The molecule has 1 aromatic carbocycles. The first-order chi connectivity index (χ1) is 7.58. The van der Waals surface area contributed by atoms with Crippen LogP contribution in [0.5, 0.6) is 0 Å². The molecule has 2 rings (SSSR count). The summed E-state index contributed by atoms with van der Waals surface area (Å²) in [5, 5.41) is 0. The van der Waals surface area contributed by atoms with Crippen LogP contribution in [0, 0.1) is 5.82 Å². The first kappa shape index (κ1) is 12.0. The van der Waals surface area contributed by atoms with E-state index in [1.165, 1.54) is 6.07 Å². The molecule has 1 fully saturated rings. The molecule has 2 N–H and O–H groups in total. The topological polar surface area (TPSA) is 29.3 Å². The molecule has 0 aromatic heterocycles. The van der Waals surface area contributed by atoms with Gasteiger partial charge in [0.1, 0.15) is 5.82 Å². The van der Waals surface area contributed by atoms with E-state index in [0.717, 1.165) is 29.4 Å². The van der Waals surface area contributed by atoms with Gasteiger partial charge in [0.2, 0.25) is 0 Å². The lowest BCUT2D eigenvalue weighted by Gasteiger charge is -2.36. The number of halogens is 2. The average molecular weight is 287 g/mol. The molecule has 1 aliphatic heterocycles. The van der Waals surface area contributed by atoms with Gasteiger partial charge in [-0.05, 0) is 50.2 Å². The summed E-state index contributed by atoms with van der Waals surface area (Å²) in [5.41, 5.74) is 6.97. The molecular formula is C12H16BrFN2. The van der Waals surface area contributed by atoms with Gasteiger partial charge in [0, 0.05) is 16.6 Å². The van der Waals surface area contributed by atoms with E-state index < -0.39 is 0 Å². The largest absolute Gasteiger partial charge is 0.328 e. The smallest absolute Gasteiger partial charge is 0.123 e. The van der Waals surface area contributed by atoms with Gasteiger partial charge in [0.05, 0.1) is 0 Å². The molecule has 0 radical (unpaired) electrons. The van der Waals surface area contributed by atoms with Gasteiger partial charge < -0.3 is 5.73 Å². The maximum atomic E-state index is 13.3. The van der Waals surface area contributed by atoms with E-state index >= 15 is 0 Å². The summed E-state index contributed by atoms with van der Waals surface area (Å²) < 4.78 is 14.2. The van der Waals surface area contributed by atoms with Crippen LogP contribution in [0.25, 0.3) is 0 Å². The molecule has 1 saturated heterocycles. The summed E-state index contributed by atoms with van der Waals surface area (Å²) in [6.07, 6.45) is 1.90. The zero-order valence-corrected chi connectivity index (χ0v) is 10.9. The summed E-state index contributed by atoms with van der Waals surface area (Å²) >= 11 is 3.48. The Morgan fingerprint density at radius 2 is 2.25 bits per heavy atom. The molecule has 16 heavy (non-hydrogen) atoms. The van der Waals surface area contributed by atoms with Gasteiger partial charge in [-0.3, -0.25) is 4.90 Å². The van der Waals surface area contributed by atoms with Crippen LogP contribution in [0.15, 0.2) is 22.7 Å². The minimum absolute atomic E-state index is 0.189. The van der Waals surface area contributed by atoms with Crippen LogP contribution in [0.2, 0.25) is 0 Å². The fourth-order valence-electron chi connectivity index (χ4n) is 2.24. The monoisotopic (exact) mass is 286 g/mol. The van der Waals surface area contributed by atoms with E-state index in [1.807, 2.05) is 0 Å². The highest BCUT2D eigenvalue weighted by Gasteiger charge is 2.26. The molecule has 0 bridgehead atoms. The number of nitrogens with two attached hydrogens (primary N) is 1. The van der Waals surface area contributed by atoms with Crippen LogP contribution in [0.1, 0.15) is 24.4 Å². The third-order valence-electron chi connectivity index (χ3n) is 3.23. The van der Waals surface area contributed by atoms with Crippen molar-refractivity contribution in [2.75, 3.05) is 13.6 Å². The van der Waals surface area contributed by atoms with Crippen LogP contribution in [0.3, 0.4) is 0 Å². The number of nitrogens with zero attached hydrogens (tertiary/aromatic N) is 1. The highest BCUT2D eigenvalue weighted by atomic mass is 79.9. The first-order valence-corrected chi connectivity index (χ1v) is 6.28. The van der Waals surface area contributed by atoms with Gasteiger partial charge in [-0.25, -0.2) is 4.39 Å². The minimum atomic E-state index is -0.189. The molecule has 1 aliphatic rings.